The van der Waals surface area contributed by atoms with E-state index in [0.717, 1.165) is 0 Å². The van der Waals surface area contributed by atoms with Crippen molar-refractivity contribution in [1.82, 2.24) is 0 Å². The highest BCUT2D eigenvalue weighted by Gasteiger charge is 2.09. The number of hydrogen-bond donors (Lipinski definition) is 0. The quantitative estimate of drug-likeness (QED) is 0.183. The average molecular weight is 378 g/mol. The highest BCUT2D eigenvalue weighted by Crippen LogP contribution is 2.37. The van der Waals surface area contributed by atoms with E-state index in [1.165, 1.54) is 64.6 Å². The molecule has 0 spiro atoms. The predicted octanol–water partition coefficient (Wildman–Crippen LogP) is 8.61. The zero-order valence-corrected chi connectivity index (χ0v) is 16.4. The topological polar surface area (TPSA) is 0 Å². The second kappa shape index (κ2) is 5.81. The zero-order valence-electron chi connectivity index (χ0n) is 16.4. The molecule has 0 heteroatoms. The number of hydrogen-bond acceptors (Lipinski definition) is 0. The van der Waals surface area contributed by atoms with Crippen LogP contribution in [0.4, 0.5) is 0 Å². The number of rotatable bonds is 0. The van der Waals surface area contributed by atoms with E-state index in [-0.39, 0.29) is 0 Å². The Labute approximate surface area is 174 Å². The SMILES string of the molecule is c1ccc2cc3cc4c(ccc5ccc6c7ccccc7ccc6c54)cc3cc2c1. The lowest BCUT2D eigenvalue weighted by Crippen LogP contribution is -1.84. The van der Waals surface area contributed by atoms with Crippen molar-refractivity contribution in [2.75, 3.05) is 0 Å². The van der Waals surface area contributed by atoms with Crippen molar-refractivity contribution in [1.29, 1.82) is 0 Å². The minimum Gasteiger partial charge on any atom is -0.0616 e. The zero-order chi connectivity index (χ0) is 19.7. The molecule has 0 aliphatic rings. The molecule has 7 aromatic carbocycles. The third-order valence-corrected chi connectivity index (χ3v) is 6.54. The van der Waals surface area contributed by atoms with Gasteiger partial charge in [-0.2, -0.15) is 0 Å². The molecule has 0 bridgehead atoms. The fraction of sp³-hybridized carbons (Fsp3) is 0. The second-order valence-electron chi connectivity index (χ2n) is 8.23. The van der Waals surface area contributed by atoms with Gasteiger partial charge in [0.25, 0.3) is 0 Å². The number of fused-ring (bicyclic) bond motifs is 9. The van der Waals surface area contributed by atoms with Crippen LogP contribution in [-0.2, 0) is 0 Å². The Kier molecular flexibility index (Phi) is 3.09. The van der Waals surface area contributed by atoms with Gasteiger partial charge in [-0.05, 0) is 88.9 Å². The Morgan fingerprint density at radius 1 is 0.267 bits per heavy atom. The van der Waals surface area contributed by atoms with Crippen LogP contribution in [0.25, 0.3) is 64.6 Å². The molecule has 0 unspecified atom stereocenters. The first-order valence-corrected chi connectivity index (χ1v) is 10.4. The maximum Gasteiger partial charge on any atom is -0.00264 e. The van der Waals surface area contributed by atoms with Crippen LogP contribution in [-0.4, -0.2) is 0 Å². The molecule has 0 nitrogen and oxygen atoms in total. The molecule has 0 radical (unpaired) electrons. The average Bonchev–Trinajstić information content (AvgIpc) is 2.80. The monoisotopic (exact) mass is 378 g/mol. The Balaban J connectivity index is 1.68. The van der Waals surface area contributed by atoms with Crippen molar-refractivity contribution >= 4 is 64.6 Å². The molecule has 0 N–H and O–H groups in total. The van der Waals surface area contributed by atoms with Gasteiger partial charge in [0.2, 0.25) is 0 Å². The van der Waals surface area contributed by atoms with Gasteiger partial charge in [0, 0.05) is 0 Å². The molecule has 0 fully saturated rings. The molecular weight excluding hydrogens is 360 g/mol. The Morgan fingerprint density at radius 2 is 0.833 bits per heavy atom. The first-order chi connectivity index (χ1) is 14.8. The molecule has 0 aliphatic heterocycles. The Bertz CT molecular complexity index is 1790. The summed E-state index contributed by atoms with van der Waals surface area (Å²) in [5.41, 5.74) is 0. The maximum absolute atomic E-state index is 2.38. The van der Waals surface area contributed by atoms with Gasteiger partial charge in [-0.1, -0.05) is 84.9 Å². The van der Waals surface area contributed by atoms with Gasteiger partial charge in [0.05, 0.1) is 0 Å². The van der Waals surface area contributed by atoms with Gasteiger partial charge in [0.1, 0.15) is 0 Å². The van der Waals surface area contributed by atoms with Crippen molar-refractivity contribution in [3.63, 3.8) is 0 Å². The lowest BCUT2D eigenvalue weighted by Gasteiger charge is -2.12. The summed E-state index contributed by atoms with van der Waals surface area (Å²) in [6.07, 6.45) is 0. The van der Waals surface area contributed by atoms with Crippen LogP contribution in [0.5, 0.6) is 0 Å². The first kappa shape index (κ1) is 16.0. The summed E-state index contributed by atoms with van der Waals surface area (Å²) in [5, 5.41) is 15.7. The van der Waals surface area contributed by atoms with E-state index < -0.39 is 0 Å². The highest BCUT2D eigenvalue weighted by atomic mass is 14.1. The van der Waals surface area contributed by atoms with E-state index in [2.05, 4.69) is 109 Å². The molecule has 0 heterocycles. The smallest absolute Gasteiger partial charge is 0.00264 e. The molecule has 0 saturated heterocycles. The molecular formula is C30H18. The maximum atomic E-state index is 2.38. The lowest BCUT2D eigenvalue weighted by atomic mass is 9.92. The Hall–Kier alpha value is -3.90. The van der Waals surface area contributed by atoms with E-state index in [1.54, 1.807) is 0 Å². The van der Waals surface area contributed by atoms with E-state index in [1.807, 2.05) is 0 Å². The molecule has 30 heavy (non-hydrogen) atoms. The molecule has 7 rings (SSSR count). The van der Waals surface area contributed by atoms with Crippen molar-refractivity contribution in [3.05, 3.63) is 109 Å². The fourth-order valence-corrected chi connectivity index (χ4v) is 5.09. The van der Waals surface area contributed by atoms with Gasteiger partial charge in [-0.25, -0.2) is 0 Å². The highest BCUT2D eigenvalue weighted by molar-refractivity contribution is 6.26. The van der Waals surface area contributed by atoms with Crippen LogP contribution in [0.3, 0.4) is 0 Å². The molecule has 0 amide bonds. The summed E-state index contributed by atoms with van der Waals surface area (Å²) in [4.78, 5) is 0. The summed E-state index contributed by atoms with van der Waals surface area (Å²) in [6, 6.07) is 40.3. The first-order valence-electron chi connectivity index (χ1n) is 10.4. The van der Waals surface area contributed by atoms with Crippen LogP contribution < -0.4 is 0 Å². The summed E-state index contributed by atoms with van der Waals surface area (Å²) in [6.45, 7) is 0. The second-order valence-corrected chi connectivity index (χ2v) is 8.23. The van der Waals surface area contributed by atoms with Gasteiger partial charge in [-0.15, -0.1) is 0 Å². The van der Waals surface area contributed by atoms with E-state index >= 15 is 0 Å². The van der Waals surface area contributed by atoms with Gasteiger partial charge < -0.3 is 0 Å². The van der Waals surface area contributed by atoms with Gasteiger partial charge >= 0.3 is 0 Å². The Morgan fingerprint density at radius 3 is 1.67 bits per heavy atom. The van der Waals surface area contributed by atoms with Crippen LogP contribution >= 0.6 is 0 Å². The summed E-state index contributed by atoms with van der Waals surface area (Å²) in [5.74, 6) is 0. The van der Waals surface area contributed by atoms with Crippen LogP contribution in [0, 0.1) is 0 Å². The standard InChI is InChI=1S/C30H18/c1-2-7-22-16-25-18-29-23(17-24(25)15-21(22)6-1)10-9-20-12-13-27-26-8-4-3-5-19(26)11-14-28(27)30(20)29/h1-18H. The minimum atomic E-state index is 1.29. The van der Waals surface area contributed by atoms with Crippen molar-refractivity contribution < 1.29 is 0 Å². The summed E-state index contributed by atoms with van der Waals surface area (Å²) < 4.78 is 0. The predicted molar refractivity (Wildman–Crippen MR) is 131 cm³/mol. The molecule has 0 saturated carbocycles. The van der Waals surface area contributed by atoms with E-state index in [0.29, 0.717) is 0 Å². The summed E-state index contributed by atoms with van der Waals surface area (Å²) >= 11 is 0. The van der Waals surface area contributed by atoms with Gasteiger partial charge in [0.15, 0.2) is 0 Å². The van der Waals surface area contributed by atoms with Crippen LogP contribution in [0.1, 0.15) is 0 Å². The molecule has 138 valence electrons. The number of benzene rings is 7. The summed E-state index contributed by atoms with van der Waals surface area (Å²) in [7, 11) is 0. The van der Waals surface area contributed by atoms with Crippen molar-refractivity contribution in [2.45, 2.75) is 0 Å². The largest absolute Gasteiger partial charge is 0.0616 e. The molecule has 0 aromatic heterocycles. The molecule has 7 aromatic rings. The van der Waals surface area contributed by atoms with Crippen molar-refractivity contribution in [2.24, 2.45) is 0 Å². The lowest BCUT2D eigenvalue weighted by molar-refractivity contribution is 1.78. The third kappa shape index (κ3) is 2.16. The van der Waals surface area contributed by atoms with Crippen molar-refractivity contribution in [3.8, 4) is 0 Å². The van der Waals surface area contributed by atoms with Crippen LogP contribution in [0.15, 0.2) is 109 Å². The van der Waals surface area contributed by atoms with Gasteiger partial charge in [-0.3, -0.25) is 0 Å². The molecule has 0 atom stereocenters. The van der Waals surface area contributed by atoms with Crippen LogP contribution in [0.2, 0.25) is 0 Å². The minimum absolute atomic E-state index is 1.29. The fourth-order valence-electron chi connectivity index (χ4n) is 5.09. The normalized spacial score (nSPS) is 12.0. The van der Waals surface area contributed by atoms with E-state index in [4.69, 9.17) is 0 Å². The third-order valence-electron chi connectivity index (χ3n) is 6.54. The van der Waals surface area contributed by atoms with E-state index in [9.17, 15) is 0 Å². The molecule has 0 aliphatic carbocycles.